The highest BCUT2D eigenvalue weighted by molar-refractivity contribution is 14.0. The second-order valence-corrected chi connectivity index (χ2v) is 6.64. The van der Waals surface area contributed by atoms with Gasteiger partial charge in [0.25, 0.3) is 0 Å². The molecule has 25 heavy (non-hydrogen) atoms. The zero-order chi connectivity index (χ0) is 17.0. The molecule has 0 saturated heterocycles. The Morgan fingerprint density at radius 1 is 1.12 bits per heavy atom. The van der Waals surface area contributed by atoms with E-state index in [0.717, 1.165) is 44.2 Å². The van der Waals surface area contributed by atoms with E-state index in [-0.39, 0.29) is 24.0 Å². The van der Waals surface area contributed by atoms with Crippen molar-refractivity contribution in [2.24, 2.45) is 4.99 Å². The molecule has 0 amide bonds. The van der Waals surface area contributed by atoms with Crippen LogP contribution in [0.15, 0.2) is 52.8 Å². The summed E-state index contributed by atoms with van der Waals surface area (Å²) in [5, 5.41) is 8.87. The van der Waals surface area contributed by atoms with Crippen molar-refractivity contribution in [3.63, 3.8) is 0 Å². The molecule has 2 N–H and O–H groups in total. The number of thiophene rings is 1. The molecule has 1 atom stereocenters. The number of halogens is 1. The highest BCUT2D eigenvalue weighted by atomic mass is 127. The van der Waals surface area contributed by atoms with Crippen LogP contribution in [0.2, 0.25) is 0 Å². The third-order valence-corrected chi connectivity index (χ3v) is 4.81. The average Bonchev–Trinajstić information content (AvgIpc) is 3.16. The topological polar surface area (TPSA) is 45.7 Å². The SMILES string of the molecule is CN=C(NCCCCOc1ccccc1)NCC(C)c1cccs1.I. The minimum absolute atomic E-state index is 0. The van der Waals surface area contributed by atoms with E-state index in [4.69, 9.17) is 4.74 Å². The summed E-state index contributed by atoms with van der Waals surface area (Å²) in [5.41, 5.74) is 0. The maximum absolute atomic E-state index is 5.69. The largest absolute Gasteiger partial charge is 0.494 e. The van der Waals surface area contributed by atoms with Crippen molar-refractivity contribution in [2.75, 3.05) is 26.7 Å². The lowest BCUT2D eigenvalue weighted by atomic mass is 10.1. The molecule has 1 aromatic heterocycles. The van der Waals surface area contributed by atoms with Gasteiger partial charge in [0.05, 0.1) is 6.61 Å². The maximum Gasteiger partial charge on any atom is 0.190 e. The number of ether oxygens (including phenoxy) is 1. The molecule has 0 bridgehead atoms. The maximum atomic E-state index is 5.69. The summed E-state index contributed by atoms with van der Waals surface area (Å²) in [6.45, 7) is 4.75. The first-order valence-electron chi connectivity index (χ1n) is 8.45. The van der Waals surface area contributed by atoms with Gasteiger partial charge in [-0.3, -0.25) is 4.99 Å². The van der Waals surface area contributed by atoms with Gasteiger partial charge in [-0.2, -0.15) is 0 Å². The second-order valence-electron chi connectivity index (χ2n) is 5.66. The molecule has 0 aliphatic carbocycles. The lowest BCUT2D eigenvalue weighted by Crippen LogP contribution is -2.39. The van der Waals surface area contributed by atoms with Crippen molar-refractivity contribution in [3.8, 4) is 5.75 Å². The minimum Gasteiger partial charge on any atom is -0.494 e. The molecule has 2 aromatic rings. The summed E-state index contributed by atoms with van der Waals surface area (Å²) in [5.74, 6) is 2.29. The van der Waals surface area contributed by atoms with Gasteiger partial charge in [0.2, 0.25) is 0 Å². The van der Waals surface area contributed by atoms with E-state index >= 15 is 0 Å². The van der Waals surface area contributed by atoms with Crippen LogP contribution in [0, 0.1) is 0 Å². The number of nitrogens with zero attached hydrogens (tertiary/aromatic N) is 1. The Balaban J connectivity index is 0.00000312. The number of unbranched alkanes of at least 4 members (excludes halogenated alkanes) is 1. The molecule has 138 valence electrons. The highest BCUT2D eigenvalue weighted by Crippen LogP contribution is 2.19. The molecule has 2 rings (SSSR count). The third kappa shape index (κ3) is 8.58. The Labute approximate surface area is 172 Å². The lowest BCUT2D eigenvalue weighted by molar-refractivity contribution is 0.307. The van der Waals surface area contributed by atoms with Crippen LogP contribution in [0.25, 0.3) is 0 Å². The number of benzene rings is 1. The van der Waals surface area contributed by atoms with Gasteiger partial charge in [-0.1, -0.05) is 31.2 Å². The third-order valence-electron chi connectivity index (χ3n) is 3.70. The van der Waals surface area contributed by atoms with E-state index in [1.165, 1.54) is 4.88 Å². The van der Waals surface area contributed by atoms with Gasteiger partial charge in [-0.25, -0.2) is 0 Å². The normalized spacial score (nSPS) is 12.2. The fourth-order valence-corrected chi connectivity index (χ4v) is 3.07. The van der Waals surface area contributed by atoms with Gasteiger partial charge >= 0.3 is 0 Å². The van der Waals surface area contributed by atoms with Crippen molar-refractivity contribution >= 4 is 41.3 Å². The number of guanidine groups is 1. The summed E-state index contributed by atoms with van der Waals surface area (Å²) >= 11 is 1.80. The summed E-state index contributed by atoms with van der Waals surface area (Å²) in [7, 11) is 1.81. The Morgan fingerprint density at radius 2 is 1.92 bits per heavy atom. The standard InChI is InChI=1S/C19H27N3OS.HI/c1-16(18-11-8-14-24-18)15-22-19(20-2)21-12-6-7-13-23-17-9-4-3-5-10-17;/h3-5,8-11,14,16H,6-7,12-13,15H2,1-2H3,(H2,20,21,22);1H. The molecular formula is C19H28IN3OS. The van der Waals surface area contributed by atoms with Crippen LogP contribution in [0.4, 0.5) is 0 Å². The monoisotopic (exact) mass is 473 g/mol. The summed E-state index contributed by atoms with van der Waals surface area (Å²) in [6.07, 6.45) is 2.07. The molecular weight excluding hydrogens is 445 g/mol. The number of hydrogen-bond donors (Lipinski definition) is 2. The van der Waals surface area contributed by atoms with E-state index in [9.17, 15) is 0 Å². The van der Waals surface area contributed by atoms with Crippen molar-refractivity contribution in [1.29, 1.82) is 0 Å². The van der Waals surface area contributed by atoms with E-state index < -0.39 is 0 Å². The predicted molar refractivity (Wildman–Crippen MR) is 119 cm³/mol. The van der Waals surface area contributed by atoms with E-state index in [1.807, 2.05) is 37.4 Å². The Kier molecular flexibility index (Phi) is 11.3. The van der Waals surface area contributed by atoms with E-state index in [0.29, 0.717) is 5.92 Å². The summed E-state index contributed by atoms with van der Waals surface area (Å²) in [4.78, 5) is 5.67. The minimum atomic E-state index is 0. The van der Waals surface area contributed by atoms with Crippen LogP contribution in [-0.2, 0) is 0 Å². The van der Waals surface area contributed by atoms with Crippen LogP contribution in [0.1, 0.15) is 30.6 Å². The Bertz CT molecular complexity index is 590. The zero-order valence-electron chi connectivity index (χ0n) is 14.9. The quantitative estimate of drug-likeness (QED) is 0.244. The first-order chi connectivity index (χ1) is 11.8. The van der Waals surface area contributed by atoms with Crippen LogP contribution in [0.3, 0.4) is 0 Å². The fourth-order valence-electron chi connectivity index (χ4n) is 2.28. The summed E-state index contributed by atoms with van der Waals surface area (Å²) in [6, 6.07) is 14.2. The van der Waals surface area contributed by atoms with Crippen molar-refractivity contribution in [1.82, 2.24) is 10.6 Å². The molecule has 0 saturated carbocycles. The molecule has 4 nitrogen and oxygen atoms in total. The van der Waals surface area contributed by atoms with Crippen LogP contribution in [0.5, 0.6) is 5.75 Å². The van der Waals surface area contributed by atoms with Crippen molar-refractivity contribution in [2.45, 2.75) is 25.7 Å². The highest BCUT2D eigenvalue weighted by Gasteiger charge is 2.07. The van der Waals surface area contributed by atoms with Gasteiger partial charge in [0, 0.05) is 30.9 Å². The summed E-state index contributed by atoms with van der Waals surface area (Å²) < 4.78 is 5.69. The molecule has 1 unspecified atom stereocenters. The number of para-hydroxylation sites is 1. The number of nitrogens with one attached hydrogen (secondary N) is 2. The van der Waals surface area contributed by atoms with E-state index in [2.05, 4.69) is 40.1 Å². The molecule has 0 fully saturated rings. The van der Waals surface area contributed by atoms with Crippen LogP contribution >= 0.6 is 35.3 Å². The number of rotatable bonds is 9. The number of aliphatic imine (C=N–C) groups is 1. The molecule has 0 aliphatic heterocycles. The number of hydrogen-bond acceptors (Lipinski definition) is 3. The molecule has 0 radical (unpaired) electrons. The van der Waals surface area contributed by atoms with Gasteiger partial charge in [0.15, 0.2) is 5.96 Å². The molecule has 6 heteroatoms. The van der Waals surface area contributed by atoms with E-state index in [1.54, 1.807) is 11.3 Å². The molecule has 0 aliphatic rings. The average molecular weight is 473 g/mol. The van der Waals surface area contributed by atoms with Gasteiger partial charge in [-0.05, 0) is 36.4 Å². The second kappa shape index (κ2) is 13.0. The van der Waals surface area contributed by atoms with Crippen LogP contribution < -0.4 is 15.4 Å². The lowest BCUT2D eigenvalue weighted by Gasteiger charge is -2.15. The molecule has 1 heterocycles. The smallest absolute Gasteiger partial charge is 0.190 e. The van der Waals surface area contributed by atoms with Crippen molar-refractivity contribution < 1.29 is 4.74 Å². The van der Waals surface area contributed by atoms with Crippen LogP contribution in [-0.4, -0.2) is 32.7 Å². The van der Waals surface area contributed by atoms with Crippen molar-refractivity contribution in [3.05, 3.63) is 52.7 Å². The Morgan fingerprint density at radius 3 is 2.60 bits per heavy atom. The van der Waals surface area contributed by atoms with Gasteiger partial charge < -0.3 is 15.4 Å². The predicted octanol–water partition coefficient (Wildman–Crippen LogP) is 4.49. The molecule has 0 spiro atoms. The first kappa shape index (κ1) is 21.8. The molecule has 1 aromatic carbocycles. The fraction of sp³-hybridized carbons (Fsp3) is 0.421. The Hall–Kier alpha value is -1.28. The zero-order valence-corrected chi connectivity index (χ0v) is 18.1. The first-order valence-corrected chi connectivity index (χ1v) is 9.33. The van der Waals surface area contributed by atoms with Gasteiger partial charge in [0.1, 0.15) is 5.75 Å². The van der Waals surface area contributed by atoms with Gasteiger partial charge in [-0.15, -0.1) is 35.3 Å².